The minimum atomic E-state index is -0.357. The highest BCUT2D eigenvalue weighted by Gasteiger charge is 2.16. The highest BCUT2D eigenvalue weighted by atomic mass is 32.2. The molecule has 2 rings (SSSR count). The first kappa shape index (κ1) is 16.6. The van der Waals surface area contributed by atoms with Crippen molar-refractivity contribution < 1.29 is 14.1 Å². The molecule has 2 amide bonds. The van der Waals surface area contributed by atoms with Gasteiger partial charge in [0.1, 0.15) is 5.76 Å². The lowest BCUT2D eigenvalue weighted by Crippen LogP contribution is -2.28. The monoisotopic (exact) mass is 339 g/mol. The summed E-state index contributed by atoms with van der Waals surface area (Å²) in [4.78, 5) is 24.8. The molecule has 0 spiro atoms. The smallest absolute Gasteiger partial charge is 0.238 e. The van der Waals surface area contributed by atoms with E-state index in [1.54, 1.807) is 31.3 Å². The molecule has 22 heavy (non-hydrogen) atoms. The fourth-order valence-corrected chi connectivity index (χ4v) is 2.94. The Morgan fingerprint density at radius 2 is 2.32 bits per heavy atom. The molecule has 0 aliphatic carbocycles. The van der Waals surface area contributed by atoms with Gasteiger partial charge in [-0.3, -0.25) is 9.59 Å². The summed E-state index contributed by atoms with van der Waals surface area (Å²) in [6.07, 6.45) is 0. The molecule has 0 saturated heterocycles. The summed E-state index contributed by atoms with van der Waals surface area (Å²) >= 11 is 2.87. The molecular formula is C14H17N3O3S2. The normalized spacial score (nSPS) is 11.9. The topological polar surface area (TPSA) is 84.2 Å². The Morgan fingerprint density at radius 1 is 1.50 bits per heavy atom. The van der Waals surface area contributed by atoms with Crippen LogP contribution in [-0.2, 0) is 16.1 Å². The van der Waals surface area contributed by atoms with Crippen molar-refractivity contribution in [1.82, 2.24) is 10.5 Å². The van der Waals surface area contributed by atoms with Gasteiger partial charge in [0, 0.05) is 10.9 Å². The maximum atomic E-state index is 11.9. The highest BCUT2D eigenvalue weighted by molar-refractivity contribution is 8.01. The van der Waals surface area contributed by atoms with Crippen LogP contribution in [-0.4, -0.2) is 28.0 Å². The lowest BCUT2D eigenvalue weighted by atomic mass is 10.4. The molecule has 6 nitrogen and oxygen atoms in total. The number of rotatable bonds is 7. The maximum Gasteiger partial charge on any atom is 0.238 e. The number of thioether (sulfide) groups is 1. The number of carbonyl (C=O) groups excluding carboxylic acids is 2. The van der Waals surface area contributed by atoms with Crippen LogP contribution in [0.25, 0.3) is 0 Å². The van der Waals surface area contributed by atoms with E-state index in [1.807, 2.05) is 17.5 Å². The summed E-state index contributed by atoms with van der Waals surface area (Å²) in [7, 11) is 0. The van der Waals surface area contributed by atoms with Gasteiger partial charge in [-0.25, -0.2) is 0 Å². The average Bonchev–Trinajstić information content (AvgIpc) is 3.14. The number of aromatic nitrogens is 1. The number of amides is 2. The minimum Gasteiger partial charge on any atom is -0.360 e. The van der Waals surface area contributed by atoms with Gasteiger partial charge < -0.3 is 15.2 Å². The molecule has 1 atom stereocenters. The number of nitrogens with one attached hydrogen (secondary N) is 2. The number of carbonyl (C=O) groups is 2. The van der Waals surface area contributed by atoms with E-state index in [0.717, 1.165) is 4.88 Å². The largest absolute Gasteiger partial charge is 0.360 e. The summed E-state index contributed by atoms with van der Waals surface area (Å²) < 4.78 is 4.88. The predicted molar refractivity (Wildman–Crippen MR) is 88.0 cm³/mol. The summed E-state index contributed by atoms with van der Waals surface area (Å²) in [5, 5.41) is 10.8. The first-order valence-electron chi connectivity index (χ1n) is 6.69. The van der Waals surface area contributed by atoms with Gasteiger partial charge in [-0.05, 0) is 25.3 Å². The zero-order chi connectivity index (χ0) is 15.9. The highest BCUT2D eigenvalue weighted by Crippen LogP contribution is 2.14. The Hall–Kier alpha value is -1.80. The fraction of sp³-hybridized carbons (Fsp3) is 0.357. The molecule has 0 bridgehead atoms. The van der Waals surface area contributed by atoms with Crippen molar-refractivity contribution in [2.75, 3.05) is 11.1 Å². The van der Waals surface area contributed by atoms with E-state index in [9.17, 15) is 9.59 Å². The van der Waals surface area contributed by atoms with Gasteiger partial charge in [0.2, 0.25) is 11.8 Å². The molecule has 118 valence electrons. The Labute approximate surface area is 136 Å². The van der Waals surface area contributed by atoms with E-state index >= 15 is 0 Å². The van der Waals surface area contributed by atoms with Crippen molar-refractivity contribution in [2.45, 2.75) is 25.6 Å². The standard InChI is InChI=1S/C14H17N3O3S2/c1-9-6-12(17-20-9)16-14(19)10(2)22-8-13(18)15-7-11-4-3-5-21-11/h3-6,10H,7-8H2,1-2H3,(H,15,18)(H,16,17,19). The van der Waals surface area contributed by atoms with Crippen molar-refractivity contribution in [3.63, 3.8) is 0 Å². The SMILES string of the molecule is Cc1cc(NC(=O)C(C)SCC(=O)NCc2cccs2)no1. The number of hydrogen-bond acceptors (Lipinski definition) is 6. The van der Waals surface area contributed by atoms with Crippen molar-refractivity contribution in [1.29, 1.82) is 0 Å². The third-order valence-corrected chi connectivity index (χ3v) is 4.77. The van der Waals surface area contributed by atoms with Crippen molar-refractivity contribution >= 4 is 40.7 Å². The van der Waals surface area contributed by atoms with Gasteiger partial charge in [-0.1, -0.05) is 11.2 Å². The van der Waals surface area contributed by atoms with E-state index in [4.69, 9.17) is 4.52 Å². The van der Waals surface area contributed by atoms with E-state index < -0.39 is 0 Å². The van der Waals surface area contributed by atoms with Crippen molar-refractivity contribution in [2.24, 2.45) is 0 Å². The van der Waals surface area contributed by atoms with E-state index in [1.165, 1.54) is 11.8 Å². The molecule has 8 heteroatoms. The third kappa shape index (κ3) is 5.19. The summed E-state index contributed by atoms with van der Waals surface area (Å²) in [5.41, 5.74) is 0. The lowest BCUT2D eigenvalue weighted by Gasteiger charge is -2.10. The molecule has 0 fully saturated rings. The molecule has 0 aromatic carbocycles. The lowest BCUT2D eigenvalue weighted by molar-refractivity contribution is -0.118. The third-order valence-electron chi connectivity index (χ3n) is 2.75. The summed E-state index contributed by atoms with van der Waals surface area (Å²) in [6.45, 7) is 4.02. The number of aryl methyl sites for hydroxylation is 1. The molecule has 0 aliphatic heterocycles. The van der Waals surface area contributed by atoms with Gasteiger partial charge in [0.15, 0.2) is 5.82 Å². The zero-order valence-electron chi connectivity index (χ0n) is 12.3. The Kier molecular flexibility index (Phi) is 6.02. The van der Waals surface area contributed by atoms with Crippen LogP contribution in [0.2, 0.25) is 0 Å². The number of hydrogen-bond donors (Lipinski definition) is 2. The molecule has 2 aromatic heterocycles. The van der Waals surface area contributed by atoms with Gasteiger partial charge in [0.25, 0.3) is 0 Å². The van der Waals surface area contributed by atoms with Crippen LogP contribution in [0.1, 0.15) is 17.6 Å². The number of thiophene rings is 1. The Balaban J connectivity index is 1.68. The Morgan fingerprint density at radius 3 is 2.95 bits per heavy atom. The first-order chi connectivity index (χ1) is 10.5. The van der Waals surface area contributed by atoms with Crippen molar-refractivity contribution in [3.05, 3.63) is 34.2 Å². The van der Waals surface area contributed by atoms with E-state index in [2.05, 4.69) is 15.8 Å². The van der Waals surface area contributed by atoms with Crippen LogP contribution in [0.15, 0.2) is 28.1 Å². The Bertz CT molecular complexity index is 625. The molecule has 2 N–H and O–H groups in total. The second-order valence-corrected chi connectivity index (χ2v) is 6.98. The van der Waals surface area contributed by atoms with Gasteiger partial charge in [0.05, 0.1) is 17.5 Å². The first-order valence-corrected chi connectivity index (χ1v) is 8.62. The molecule has 1 unspecified atom stereocenters. The van der Waals surface area contributed by atoms with Gasteiger partial charge in [-0.2, -0.15) is 0 Å². The zero-order valence-corrected chi connectivity index (χ0v) is 13.9. The van der Waals surface area contributed by atoms with E-state index in [0.29, 0.717) is 18.1 Å². The van der Waals surface area contributed by atoms with Crippen molar-refractivity contribution in [3.8, 4) is 0 Å². The average molecular weight is 339 g/mol. The van der Waals surface area contributed by atoms with Crippen LogP contribution >= 0.6 is 23.1 Å². The maximum absolute atomic E-state index is 11.9. The number of anilines is 1. The number of nitrogens with zero attached hydrogens (tertiary/aromatic N) is 1. The van der Waals surface area contributed by atoms with Crippen LogP contribution in [0.3, 0.4) is 0 Å². The van der Waals surface area contributed by atoms with Crippen LogP contribution < -0.4 is 10.6 Å². The van der Waals surface area contributed by atoms with Crippen LogP contribution in [0.4, 0.5) is 5.82 Å². The quantitative estimate of drug-likeness (QED) is 0.809. The minimum absolute atomic E-state index is 0.0877. The molecule has 0 radical (unpaired) electrons. The fourth-order valence-electron chi connectivity index (χ4n) is 1.58. The molecule has 2 heterocycles. The second-order valence-electron chi connectivity index (χ2n) is 4.62. The molecule has 0 saturated carbocycles. The van der Waals surface area contributed by atoms with E-state index in [-0.39, 0.29) is 22.8 Å². The second kappa shape index (κ2) is 8.00. The summed E-state index contributed by atoms with van der Waals surface area (Å²) in [5.74, 6) is 0.956. The van der Waals surface area contributed by atoms with Crippen LogP contribution in [0.5, 0.6) is 0 Å². The predicted octanol–water partition coefficient (Wildman–Crippen LogP) is 2.42. The molecule has 0 aliphatic rings. The van der Waals surface area contributed by atoms with Gasteiger partial charge >= 0.3 is 0 Å². The molecular weight excluding hydrogens is 322 g/mol. The van der Waals surface area contributed by atoms with Gasteiger partial charge in [-0.15, -0.1) is 23.1 Å². The van der Waals surface area contributed by atoms with Crippen LogP contribution in [0, 0.1) is 6.92 Å². The molecule has 2 aromatic rings. The summed E-state index contributed by atoms with van der Waals surface area (Å²) in [6, 6.07) is 5.55.